The van der Waals surface area contributed by atoms with E-state index >= 15 is 4.39 Å². The molecule has 0 unspecified atom stereocenters. The van der Waals surface area contributed by atoms with E-state index in [1.54, 1.807) is 6.20 Å². The zero-order chi connectivity index (χ0) is 24.0. The third kappa shape index (κ3) is 3.76. The van der Waals surface area contributed by atoms with Gasteiger partial charge in [0.1, 0.15) is 22.8 Å². The number of pyridine rings is 1. The van der Waals surface area contributed by atoms with Gasteiger partial charge in [-0.25, -0.2) is 4.39 Å². The van der Waals surface area contributed by atoms with Gasteiger partial charge in [-0.15, -0.1) is 11.8 Å². The Kier molecular flexibility index (Phi) is 5.85. The second kappa shape index (κ2) is 9.03. The van der Waals surface area contributed by atoms with Crippen molar-refractivity contribution in [2.45, 2.75) is 49.6 Å². The van der Waals surface area contributed by atoms with Gasteiger partial charge >= 0.3 is 6.01 Å². The summed E-state index contributed by atoms with van der Waals surface area (Å²) in [6.07, 6.45) is 9.17. The van der Waals surface area contributed by atoms with Crippen LogP contribution >= 0.6 is 11.8 Å². The number of rotatable bonds is 6. The predicted octanol–water partition coefficient (Wildman–Crippen LogP) is 6.28. The first-order chi connectivity index (χ1) is 17.1. The average molecular weight is 489 g/mol. The molecule has 2 aromatic carbocycles. The van der Waals surface area contributed by atoms with Crippen molar-refractivity contribution >= 4 is 33.4 Å². The van der Waals surface area contributed by atoms with E-state index < -0.39 is 5.82 Å². The van der Waals surface area contributed by atoms with Crippen molar-refractivity contribution in [1.29, 1.82) is 0 Å². The molecule has 0 atom stereocenters. The molecule has 4 aromatic rings. The number of thioether (sulfide) groups is 1. The van der Waals surface area contributed by atoms with Gasteiger partial charge in [0.15, 0.2) is 5.82 Å². The number of nitrogens with zero attached hydrogens (tertiary/aromatic N) is 4. The van der Waals surface area contributed by atoms with Gasteiger partial charge in [-0.1, -0.05) is 43.3 Å². The Balaban J connectivity index is 1.45. The summed E-state index contributed by atoms with van der Waals surface area (Å²) in [6, 6.07) is 12.4. The summed E-state index contributed by atoms with van der Waals surface area (Å²) < 4.78 is 22.3. The summed E-state index contributed by atoms with van der Waals surface area (Å²) in [6.45, 7) is 4.93. The van der Waals surface area contributed by atoms with Crippen LogP contribution in [0.4, 0.5) is 4.39 Å². The summed E-state index contributed by atoms with van der Waals surface area (Å²) in [7, 11) is 0. The van der Waals surface area contributed by atoms with Gasteiger partial charge in [0.25, 0.3) is 0 Å². The van der Waals surface area contributed by atoms with Crippen LogP contribution in [0.1, 0.15) is 38.2 Å². The molecule has 0 saturated carbocycles. The molecule has 2 fully saturated rings. The lowest BCUT2D eigenvalue weighted by Gasteiger charge is -2.31. The van der Waals surface area contributed by atoms with Gasteiger partial charge in [-0.3, -0.25) is 9.88 Å². The minimum atomic E-state index is -0.426. The zero-order valence-corrected chi connectivity index (χ0v) is 21.0. The van der Waals surface area contributed by atoms with Gasteiger partial charge in [-0.05, 0) is 67.8 Å². The lowest BCUT2D eigenvalue weighted by molar-refractivity contribution is 0.107. The summed E-state index contributed by atoms with van der Waals surface area (Å²) in [5.41, 5.74) is 2.63. The number of fused-ring (bicyclic) bond motifs is 3. The van der Waals surface area contributed by atoms with Gasteiger partial charge in [0, 0.05) is 11.8 Å². The van der Waals surface area contributed by atoms with Gasteiger partial charge in [0.2, 0.25) is 0 Å². The molecule has 4 heterocycles. The molecule has 0 spiro atoms. The molecule has 2 aromatic heterocycles. The Morgan fingerprint density at radius 1 is 1.09 bits per heavy atom. The van der Waals surface area contributed by atoms with E-state index in [0.717, 1.165) is 48.7 Å². The van der Waals surface area contributed by atoms with Crippen molar-refractivity contribution < 1.29 is 9.13 Å². The summed E-state index contributed by atoms with van der Waals surface area (Å²) in [5, 5.41) is 3.42. The smallest absolute Gasteiger partial charge is 0.318 e. The van der Waals surface area contributed by atoms with Crippen LogP contribution < -0.4 is 4.74 Å². The Morgan fingerprint density at radius 2 is 1.86 bits per heavy atom. The molecule has 35 heavy (non-hydrogen) atoms. The van der Waals surface area contributed by atoms with Crippen molar-refractivity contribution in [1.82, 2.24) is 19.9 Å². The number of aromatic nitrogens is 3. The second-order valence-corrected chi connectivity index (χ2v) is 10.4. The maximum atomic E-state index is 16.1. The Bertz CT molecular complexity index is 1410. The van der Waals surface area contributed by atoms with Crippen LogP contribution in [0.2, 0.25) is 0 Å². The SMILES string of the molecule is CCc1cccc2cccc(-c3ncc4c(SC)nc(OCC56CCCN5CCC6)nc4c3F)c12. The molecule has 0 bridgehead atoms. The van der Waals surface area contributed by atoms with Crippen LogP contribution in [-0.4, -0.2) is 51.3 Å². The summed E-state index contributed by atoms with van der Waals surface area (Å²) >= 11 is 1.46. The molecule has 180 valence electrons. The Labute approximate surface area is 209 Å². The number of hydrogen-bond acceptors (Lipinski definition) is 6. The highest BCUT2D eigenvalue weighted by Gasteiger charge is 2.45. The number of aryl methyl sites for hydroxylation is 1. The highest BCUT2D eigenvalue weighted by molar-refractivity contribution is 7.98. The fourth-order valence-electron chi connectivity index (χ4n) is 5.99. The van der Waals surface area contributed by atoms with Gasteiger partial charge < -0.3 is 4.74 Å². The fourth-order valence-corrected chi connectivity index (χ4v) is 6.53. The molecule has 0 aliphatic carbocycles. The highest BCUT2D eigenvalue weighted by Crippen LogP contribution is 2.40. The van der Waals surface area contributed by atoms with Crippen molar-refractivity contribution in [2.24, 2.45) is 0 Å². The molecular weight excluding hydrogens is 459 g/mol. The second-order valence-electron chi connectivity index (χ2n) is 9.58. The monoisotopic (exact) mass is 488 g/mol. The lowest BCUT2D eigenvalue weighted by atomic mass is 9.95. The molecule has 2 aliphatic heterocycles. The van der Waals surface area contributed by atoms with E-state index in [9.17, 15) is 0 Å². The predicted molar refractivity (Wildman–Crippen MR) is 140 cm³/mol. The molecule has 0 radical (unpaired) electrons. The van der Waals surface area contributed by atoms with E-state index in [0.29, 0.717) is 22.7 Å². The number of ether oxygens (including phenoxy) is 1. The van der Waals surface area contributed by atoms with E-state index in [1.165, 1.54) is 30.2 Å². The molecule has 5 nitrogen and oxygen atoms in total. The van der Waals surface area contributed by atoms with Crippen LogP contribution in [0.15, 0.2) is 47.6 Å². The normalized spacial score (nSPS) is 17.3. The Hall–Kier alpha value is -2.77. The third-order valence-electron chi connectivity index (χ3n) is 7.73. The summed E-state index contributed by atoms with van der Waals surface area (Å²) in [4.78, 5) is 16.3. The fraction of sp³-hybridized carbons (Fsp3) is 0.393. The van der Waals surface area contributed by atoms with Crippen LogP contribution in [0, 0.1) is 5.82 Å². The minimum absolute atomic E-state index is 0.0826. The van der Waals surface area contributed by atoms with Crippen LogP contribution in [-0.2, 0) is 6.42 Å². The van der Waals surface area contributed by atoms with Crippen molar-refractivity contribution in [3.05, 3.63) is 54.0 Å². The molecular formula is C28H29FN4OS. The zero-order valence-electron chi connectivity index (χ0n) is 20.2. The molecule has 2 saturated heterocycles. The molecule has 0 N–H and O–H groups in total. The van der Waals surface area contributed by atoms with Gasteiger partial charge in [-0.2, -0.15) is 9.97 Å². The number of benzene rings is 2. The molecule has 2 aliphatic rings. The highest BCUT2D eigenvalue weighted by atomic mass is 32.2. The largest absolute Gasteiger partial charge is 0.461 e. The Morgan fingerprint density at radius 3 is 2.60 bits per heavy atom. The van der Waals surface area contributed by atoms with E-state index in [4.69, 9.17) is 4.74 Å². The average Bonchev–Trinajstić information content (AvgIpc) is 3.47. The van der Waals surface area contributed by atoms with Crippen LogP contribution in [0.5, 0.6) is 6.01 Å². The molecule has 6 rings (SSSR count). The third-order valence-corrected chi connectivity index (χ3v) is 8.43. The number of halogens is 1. The van der Waals surface area contributed by atoms with Crippen LogP contribution in [0.3, 0.4) is 0 Å². The molecule has 7 heteroatoms. The maximum Gasteiger partial charge on any atom is 0.318 e. The first-order valence-corrected chi connectivity index (χ1v) is 13.6. The van der Waals surface area contributed by atoms with Crippen molar-refractivity contribution in [2.75, 3.05) is 26.0 Å². The maximum absolute atomic E-state index is 16.1. The first kappa shape index (κ1) is 22.7. The standard InChI is InChI=1S/C28H29FN4OS/c1-3-18-8-4-9-19-10-5-11-20(22(18)19)24-23(29)25-21(16-30-24)26(35-2)32-27(31-25)34-17-28-12-6-14-33(28)15-7-13-28/h4-5,8-11,16H,3,6-7,12-15,17H2,1-2H3. The van der Waals surface area contributed by atoms with Gasteiger partial charge in [0.05, 0.1) is 10.9 Å². The van der Waals surface area contributed by atoms with E-state index in [1.807, 2.05) is 24.5 Å². The topological polar surface area (TPSA) is 51.1 Å². The lowest BCUT2D eigenvalue weighted by Crippen LogP contribution is -2.43. The van der Waals surface area contributed by atoms with E-state index in [2.05, 4.69) is 45.0 Å². The van der Waals surface area contributed by atoms with E-state index in [-0.39, 0.29) is 17.1 Å². The van der Waals surface area contributed by atoms with Crippen molar-refractivity contribution in [3.8, 4) is 17.3 Å². The quantitative estimate of drug-likeness (QED) is 0.235. The minimum Gasteiger partial charge on any atom is -0.461 e. The van der Waals surface area contributed by atoms with Crippen molar-refractivity contribution in [3.63, 3.8) is 0 Å². The number of hydrogen-bond donors (Lipinski definition) is 0. The summed E-state index contributed by atoms with van der Waals surface area (Å²) in [5.74, 6) is -0.426. The van der Waals surface area contributed by atoms with Crippen LogP contribution in [0.25, 0.3) is 32.9 Å². The first-order valence-electron chi connectivity index (χ1n) is 12.4. The molecule has 0 amide bonds.